The van der Waals surface area contributed by atoms with Gasteiger partial charge in [-0.3, -0.25) is 0 Å². The van der Waals surface area contributed by atoms with Gasteiger partial charge in [0.25, 0.3) is 0 Å². The molecule has 1 aromatic carbocycles. The molecule has 0 saturated heterocycles. The summed E-state index contributed by atoms with van der Waals surface area (Å²) in [4.78, 5) is 1.29. The minimum Gasteiger partial charge on any atom is -0.465 e. The van der Waals surface area contributed by atoms with Crippen LogP contribution in [0.25, 0.3) is 0 Å². The lowest BCUT2D eigenvalue weighted by Crippen LogP contribution is -2.19. The minimum atomic E-state index is -0.174. The summed E-state index contributed by atoms with van der Waals surface area (Å²) in [6.07, 6.45) is 7.99. The van der Waals surface area contributed by atoms with Crippen molar-refractivity contribution < 1.29 is 9.47 Å². The van der Waals surface area contributed by atoms with Crippen molar-refractivity contribution in [1.29, 1.82) is 0 Å². The molecule has 2 nitrogen and oxygen atoms in total. The van der Waals surface area contributed by atoms with E-state index in [-0.39, 0.29) is 6.29 Å². The number of hydrogen-bond donors (Lipinski definition) is 0. The molecule has 1 aromatic rings. The van der Waals surface area contributed by atoms with Gasteiger partial charge in [0.2, 0.25) is 0 Å². The molecule has 1 aliphatic rings. The van der Waals surface area contributed by atoms with Crippen LogP contribution in [0.5, 0.6) is 5.75 Å². The van der Waals surface area contributed by atoms with Crippen LogP contribution in [0.4, 0.5) is 0 Å². The molecule has 2 rings (SSSR count). The van der Waals surface area contributed by atoms with Crippen molar-refractivity contribution in [3.8, 4) is 5.75 Å². The SMILES string of the molecule is CC(OCCC1CCCCC1)Oc1ccc(SC(C)C)cc1. The second-order valence-corrected chi connectivity index (χ2v) is 8.14. The van der Waals surface area contributed by atoms with Gasteiger partial charge in [-0.2, -0.15) is 0 Å². The molecule has 0 heterocycles. The fraction of sp³-hybridized carbons (Fsp3) is 0.684. The fourth-order valence-electron chi connectivity index (χ4n) is 2.97. The van der Waals surface area contributed by atoms with E-state index >= 15 is 0 Å². The molecular formula is C19H30O2S. The molecule has 0 spiro atoms. The third kappa shape index (κ3) is 6.62. The zero-order chi connectivity index (χ0) is 15.8. The van der Waals surface area contributed by atoms with Crippen molar-refractivity contribution in [3.05, 3.63) is 24.3 Å². The Morgan fingerprint density at radius 1 is 1.05 bits per heavy atom. The van der Waals surface area contributed by atoms with E-state index in [9.17, 15) is 0 Å². The monoisotopic (exact) mass is 322 g/mol. The molecule has 0 aromatic heterocycles. The van der Waals surface area contributed by atoms with Gasteiger partial charge in [0.15, 0.2) is 6.29 Å². The molecule has 1 unspecified atom stereocenters. The van der Waals surface area contributed by atoms with Gasteiger partial charge < -0.3 is 9.47 Å². The Bertz CT molecular complexity index is 410. The summed E-state index contributed by atoms with van der Waals surface area (Å²) in [5.74, 6) is 1.76. The number of benzene rings is 1. The van der Waals surface area contributed by atoms with Gasteiger partial charge in [0.1, 0.15) is 5.75 Å². The topological polar surface area (TPSA) is 18.5 Å². The summed E-state index contributed by atoms with van der Waals surface area (Å²) in [5.41, 5.74) is 0. The Morgan fingerprint density at radius 2 is 1.73 bits per heavy atom. The average molecular weight is 323 g/mol. The van der Waals surface area contributed by atoms with E-state index in [1.165, 1.54) is 43.4 Å². The molecule has 0 radical (unpaired) electrons. The highest BCUT2D eigenvalue weighted by molar-refractivity contribution is 7.99. The maximum atomic E-state index is 5.83. The van der Waals surface area contributed by atoms with Crippen molar-refractivity contribution in [3.63, 3.8) is 0 Å². The van der Waals surface area contributed by atoms with E-state index in [0.717, 1.165) is 18.3 Å². The van der Waals surface area contributed by atoms with Crippen LogP contribution in [0.1, 0.15) is 59.3 Å². The molecule has 1 aliphatic carbocycles. The Morgan fingerprint density at radius 3 is 2.36 bits per heavy atom. The van der Waals surface area contributed by atoms with Gasteiger partial charge in [-0.1, -0.05) is 46.0 Å². The summed E-state index contributed by atoms with van der Waals surface area (Å²) >= 11 is 1.87. The first-order valence-corrected chi connectivity index (χ1v) is 9.56. The molecule has 1 atom stereocenters. The predicted molar refractivity (Wildman–Crippen MR) is 94.7 cm³/mol. The number of hydrogen-bond acceptors (Lipinski definition) is 3. The van der Waals surface area contributed by atoms with Crippen LogP contribution in [0.2, 0.25) is 0 Å². The van der Waals surface area contributed by atoms with Crippen LogP contribution in [0, 0.1) is 5.92 Å². The van der Waals surface area contributed by atoms with Crippen LogP contribution < -0.4 is 4.74 Å². The Kier molecular flexibility index (Phi) is 7.61. The Balaban J connectivity index is 1.66. The summed E-state index contributed by atoms with van der Waals surface area (Å²) in [5, 5.41) is 0.605. The Labute approximate surface area is 140 Å². The number of thioether (sulfide) groups is 1. The van der Waals surface area contributed by atoms with Crippen molar-refractivity contribution >= 4 is 11.8 Å². The summed E-state index contributed by atoms with van der Waals surface area (Å²) < 4.78 is 11.6. The molecule has 0 amide bonds. The number of ether oxygens (including phenoxy) is 2. The Hall–Kier alpha value is -0.670. The van der Waals surface area contributed by atoms with E-state index in [4.69, 9.17) is 9.47 Å². The minimum absolute atomic E-state index is 0.174. The highest BCUT2D eigenvalue weighted by Crippen LogP contribution is 2.27. The van der Waals surface area contributed by atoms with Gasteiger partial charge in [0, 0.05) is 10.1 Å². The fourth-order valence-corrected chi connectivity index (χ4v) is 3.81. The van der Waals surface area contributed by atoms with E-state index < -0.39 is 0 Å². The lowest BCUT2D eigenvalue weighted by atomic mass is 9.87. The van der Waals surface area contributed by atoms with E-state index in [0.29, 0.717) is 5.25 Å². The third-order valence-corrected chi connectivity index (χ3v) is 5.12. The highest BCUT2D eigenvalue weighted by Gasteiger charge is 2.14. The standard InChI is InChI=1S/C19H30O2S/c1-15(2)22-19-11-9-18(10-12-19)21-16(3)20-14-13-17-7-5-4-6-8-17/h9-12,15-17H,4-8,13-14H2,1-3H3. The molecular weight excluding hydrogens is 292 g/mol. The molecule has 1 fully saturated rings. The van der Waals surface area contributed by atoms with E-state index in [1.807, 2.05) is 30.8 Å². The molecule has 22 heavy (non-hydrogen) atoms. The van der Waals surface area contributed by atoms with Crippen LogP contribution in [-0.2, 0) is 4.74 Å². The van der Waals surface area contributed by atoms with E-state index in [1.54, 1.807) is 0 Å². The smallest absolute Gasteiger partial charge is 0.196 e. The van der Waals surface area contributed by atoms with Crippen molar-refractivity contribution in [2.75, 3.05) is 6.61 Å². The van der Waals surface area contributed by atoms with Gasteiger partial charge in [-0.05, 0) is 43.5 Å². The van der Waals surface area contributed by atoms with E-state index in [2.05, 4.69) is 26.0 Å². The first-order valence-electron chi connectivity index (χ1n) is 8.68. The van der Waals surface area contributed by atoms with Crippen molar-refractivity contribution in [2.24, 2.45) is 5.92 Å². The number of rotatable bonds is 8. The van der Waals surface area contributed by atoms with Gasteiger partial charge in [0.05, 0.1) is 6.61 Å². The second kappa shape index (κ2) is 9.46. The second-order valence-electron chi connectivity index (χ2n) is 6.49. The molecule has 124 valence electrons. The van der Waals surface area contributed by atoms with Gasteiger partial charge in [-0.25, -0.2) is 0 Å². The van der Waals surface area contributed by atoms with Crippen molar-refractivity contribution in [1.82, 2.24) is 0 Å². The van der Waals surface area contributed by atoms with Crippen molar-refractivity contribution in [2.45, 2.75) is 75.7 Å². The molecule has 0 aliphatic heterocycles. The van der Waals surface area contributed by atoms with Gasteiger partial charge >= 0.3 is 0 Å². The predicted octanol–water partition coefficient (Wildman–Crippen LogP) is 5.90. The third-order valence-electron chi connectivity index (χ3n) is 4.10. The van der Waals surface area contributed by atoms with Crippen LogP contribution in [-0.4, -0.2) is 18.1 Å². The maximum Gasteiger partial charge on any atom is 0.196 e. The van der Waals surface area contributed by atoms with Gasteiger partial charge in [-0.15, -0.1) is 11.8 Å². The summed E-state index contributed by atoms with van der Waals surface area (Å²) in [6.45, 7) is 7.21. The maximum absolute atomic E-state index is 5.83. The normalized spacial score (nSPS) is 17.6. The zero-order valence-electron chi connectivity index (χ0n) is 14.2. The van der Waals surface area contributed by atoms with Crippen LogP contribution in [0.3, 0.4) is 0 Å². The first kappa shape index (κ1) is 17.7. The van der Waals surface area contributed by atoms with Crippen LogP contribution >= 0.6 is 11.8 Å². The highest BCUT2D eigenvalue weighted by atomic mass is 32.2. The average Bonchev–Trinajstić information content (AvgIpc) is 2.50. The lowest BCUT2D eigenvalue weighted by Gasteiger charge is -2.22. The molecule has 1 saturated carbocycles. The summed E-state index contributed by atoms with van der Waals surface area (Å²) in [7, 11) is 0. The molecule has 0 N–H and O–H groups in total. The quantitative estimate of drug-likeness (QED) is 0.438. The zero-order valence-corrected chi connectivity index (χ0v) is 15.0. The molecule has 3 heteroatoms. The summed E-state index contributed by atoms with van der Waals surface area (Å²) in [6, 6.07) is 8.31. The largest absolute Gasteiger partial charge is 0.465 e. The molecule has 0 bridgehead atoms. The lowest BCUT2D eigenvalue weighted by molar-refractivity contribution is -0.0711. The van der Waals surface area contributed by atoms with Crippen LogP contribution in [0.15, 0.2) is 29.2 Å². The first-order chi connectivity index (χ1) is 10.6.